The number of hydrogen-bond donors (Lipinski definition) is 4. The van der Waals surface area contributed by atoms with Crippen LogP contribution in [0.3, 0.4) is 0 Å². The van der Waals surface area contributed by atoms with E-state index in [1.807, 2.05) is 0 Å². The van der Waals surface area contributed by atoms with Gasteiger partial charge in [0.25, 0.3) is 0 Å². The number of thioether (sulfide) groups is 1. The topological polar surface area (TPSA) is 115 Å². The van der Waals surface area contributed by atoms with Crippen molar-refractivity contribution in [2.75, 3.05) is 5.75 Å². The maximum atomic E-state index is 10.9. The molecule has 0 aliphatic heterocycles. The molecule has 0 rings (SSSR count). The van der Waals surface area contributed by atoms with Gasteiger partial charge in [-0.15, -0.1) is 11.8 Å². The molecule has 0 saturated carbocycles. The smallest absolute Gasteiger partial charge is 0.334 e. The fourth-order valence-electron chi connectivity index (χ4n) is 2.24. The standard InChI is InChI=1S/C16H30O6S/c1-2-3-4-5-6-7-8-9-10-12(17)11-23-14(16(21)22)13(18)15(19)20/h12-14,17-18H,2-11H2,1H3,(H,19,20)(H,21,22). The highest BCUT2D eigenvalue weighted by atomic mass is 32.2. The molecular formula is C16H30O6S. The van der Waals surface area contributed by atoms with Crippen molar-refractivity contribution in [3.63, 3.8) is 0 Å². The van der Waals surface area contributed by atoms with Crippen LogP contribution in [0.5, 0.6) is 0 Å². The van der Waals surface area contributed by atoms with Crippen LogP contribution >= 0.6 is 11.8 Å². The SMILES string of the molecule is CCCCCCCCCCC(O)CSC(C(=O)O)C(O)C(=O)O. The van der Waals surface area contributed by atoms with Crippen LogP contribution < -0.4 is 0 Å². The summed E-state index contributed by atoms with van der Waals surface area (Å²) in [6.45, 7) is 2.18. The van der Waals surface area contributed by atoms with Crippen molar-refractivity contribution in [3.05, 3.63) is 0 Å². The van der Waals surface area contributed by atoms with Gasteiger partial charge in [-0.05, 0) is 6.42 Å². The fraction of sp³-hybridized carbons (Fsp3) is 0.875. The number of aliphatic hydroxyl groups is 2. The maximum absolute atomic E-state index is 10.9. The average molecular weight is 350 g/mol. The molecule has 136 valence electrons. The second-order valence-corrected chi connectivity index (χ2v) is 6.97. The second-order valence-electron chi connectivity index (χ2n) is 5.79. The van der Waals surface area contributed by atoms with E-state index in [0.717, 1.165) is 31.0 Å². The molecule has 0 aliphatic carbocycles. The van der Waals surface area contributed by atoms with Crippen molar-refractivity contribution in [2.24, 2.45) is 0 Å². The predicted molar refractivity (Wildman–Crippen MR) is 90.8 cm³/mol. The lowest BCUT2D eigenvalue weighted by Crippen LogP contribution is -2.38. The van der Waals surface area contributed by atoms with Gasteiger partial charge in [-0.3, -0.25) is 4.79 Å². The zero-order chi connectivity index (χ0) is 17.7. The van der Waals surface area contributed by atoms with Crippen LogP contribution in [0.2, 0.25) is 0 Å². The van der Waals surface area contributed by atoms with Crippen LogP contribution in [0.15, 0.2) is 0 Å². The van der Waals surface area contributed by atoms with E-state index in [1.165, 1.54) is 32.1 Å². The van der Waals surface area contributed by atoms with Gasteiger partial charge in [-0.2, -0.15) is 0 Å². The molecule has 0 fully saturated rings. The summed E-state index contributed by atoms with van der Waals surface area (Å²) < 4.78 is 0. The maximum Gasteiger partial charge on any atom is 0.334 e. The first-order valence-corrected chi connectivity index (χ1v) is 9.38. The monoisotopic (exact) mass is 350 g/mol. The normalized spacial score (nSPS) is 15.1. The van der Waals surface area contributed by atoms with Gasteiger partial charge in [0.15, 0.2) is 6.10 Å². The van der Waals surface area contributed by atoms with Gasteiger partial charge in [0.2, 0.25) is 0 Å². The molecular weight excluding hydrogens is 320 g/mol. The van der Waals surface area contributed by atoms with E-state index in [1.54, 1.807) is 0 Å². The number of carbonyl (C=O) groups is 2. The third kappa shape index (κ3) is 11.4. The molecule has 4 N–H and O–H groups in total. The van der Waals surface area contributed by atoms with E-state index in [2.05, 4.69) is 6.92 Å². The lowest BCUT2D eigenvalue weighted by Gasteiger charge is -2.17. The zero-order valence-corrected chi connectivity index (χ0v) is 14.6. The van der Waals surface area contributed by atoms with E-state index >= 15 is 0 Å². The van der Waals surface area contributed by atoms with Crippen molar-refractivity contribution in [3.8, 4) is 0 Å². The van der Waals surface area contributed by atoms with E-state index in [-0.39, 0.29) is 5.75 Å². The third-order valence-electron chi connectivity index (χ3n) is 3.64. The minimum Gasteiger partial charge on any atom is -0.480 e. The lowest BCUT2D eigenvalue weighted by atomic mass is 10.1. The van der Waals surface area contributed by atoms with E-state index in [4.69, 9.17) is 10.2 Å². The summed E-state index contributed by atoms with van der Waals surface area (Å²) in [5.74, 6) is -2.84. The molecule has 0 spiro atoms. The van der Waals surface area contributed by atoms with Crippen LogP contribution in [0, 0.1) is 0 Å². The summed E-state index contributed by atoms with van der Waals surface area (Å²) in [6.07, 6.45) is 7.21. The van der Waals surface area contributed by atoms with Gasteiger partial charge in [-0.25, -0.2) is 4.79 Å². The highest BCUT2D eigenvalue weighted by Gasteiger charge is 2.32. The van der Waals surface area contributed by atoms with Crippen molar-refractivity contribution in [1.29, 1.82) is 0 Å². The van der Waals surface area contributed by atoms with Gasteiger partial charge in [0, 0.05) is 5.75 Å². The summed E-state index contributed by atoms with van der Waals surface area (Å²) in [7, 11) is 0. The van der Waals surface area contributed by atoms with Crippen molar-refractivity contribution < 1.29 is 30.0 Å². The number of rotatable bonds is 15. The van der Waals surface area contributed by atoms with Crippen LogP contribution in [0.1, 0.15) is 64.7 Å². The first-order valence-electron chi connectivity index (χ1n) is 8.33. The Bertz CT molecular complexity index is 337. The number of carboxylic acid groups (broad SMARTS) is 2. The molecule has 7 heteroatoms. The molecule has 0 radical (unpaired) electrons. The number of hydrogen-bond acceptors (Lipinski definition) is 5. The Labute approximate surface area is 142 Å². The number of carboxylic acids is 2. The minimum atomic E-state index is -1.96. The molecule has 0 aromatic carbocycles. The van der Waals surface area contributed by atoms with Gasteiger partial charge in [0.05, 0.1) is 6.10 Å². The molecule has 3 unspecified atom stereocenters. The Morgan fingerprint density at radius 3 is 1.87 bits per heavy atom. The lowest BCUT2D eigenvalue weighted by molar-refractivity contribution is -0.152. The van der Waals surface area contributed by atoms with Crippen molar-refractivity contribution in [2.45, 2.75) is 82.2 Å². The molecule has 23 heavy (non-hydrogen) atoms. The summed E-state index contributed by atoms with van der Waals surface area (Å²) in [5, 5.41) is 35.3. The molecule has 6 nitrogen and oxygen atoms in total. The van der Waals surface area contributed by atoms with Gasteiger partial charge >= 0.3 is 11.9 Å². The second kappa shape index (κ2) is 13.6. The third-order valence-corrected chi connectivity index (χ3v) is 5.04. The van der Waals surface area contributed by atoms with Crippen LogP contribution in [0.4, 0.5) is 0 Å². The Kier molecular flexibility index (Phi) is 13.2. The highest BCUT2D eigenvalue weighted by Crippen LogP contribution is 2.19. The Morgan fingerprint density at radius 2 is 1.39 bits per heavy atom. The summed E-state index contributed by atoms with van der Waals surface area (Å²) >= 11 is 0.771. The molecule has 0 aromatic rings. The van der Waals surface area contributed by atoms with Crippen LogP contribution in [0.25, 0.3) is 0 Å². The number of aliphatic carboxylic acids is 2. The fourth-order valence-corrected chi connectivity index (χ4v) is 3.28. The Morgan fingerprint density at radius 1 is 0.870 bits per heavy atom. The molecule has 3 atom stereocenters. The Balaban J connectivity index is 3.78. The molecule has 0 saturated heterocycles. The zero-order valence-electron chi connectivity index (χ0n) is 13.8. The minimum absolute atomic E-state index is 0.109. The summed E-state index contributed by atoms with van der Waals surface area (Å²) in [6, 6.07) is 0. The average Bonchev–Trinajstić information content (AvgIpc) is 2.49. The number of aliphatic hydroxyl groups excluding tert-OH is 2. The first-order chi connectivity index (χ1) is 10.9. The van der Waals surface area contributed by atoms with E-state index in [9.17, 15) is 19.8 Å². The quantitative estimate of drug-likeness (QED) is 0.335. The van der Waals surface area contributed by atoms with E-state index < -0.39 is 29.4 Å². The van der Waals surface area contributed by atoms with Gasteiger partial charge < -0.3 is 20.4 Å². The molecule has 0 aliphatic rings. The van der Waals surface area contributed by atoms with Gasteiger partial charge in [-0.1, -0.05) is 58.3 Å². The largest absolute Gasteiger partial charge is 0.480 e. The van der Waals surface area contributed by atoms with Crippen LogP contribution in [-0.4, -0.2) is 55.6 Å². The molecule has 0 aromatic heterocycles. The molecule has 0 bridgehead atoms. The highest BCUT2D eigenvalue weighted by molar-refractivity contribution is 8.00. The molecule has 0 amide bonds. The summed E-state index contributed by atoms with van der Waals surface area (Å²) in [4.78, 5) is 21.6. The Hall–Kier alpha value is -0.790. The van der Waals surface area contributed by atoms with Gasteiger partial charge in [0.1, 0.15) is 5.25 Å². The molecule has 0 heterocycles. The first kappa shape index (κ1) is 22.2. The summed E-state index contributed by atoms with van der Waals surface area (Å²) in [5.41, 5.74) is 0. The number of unbranched alkanes of at least 4 members (excludes halogenated alkanes) is 7. The van der Waals surface area contributed by atoms with E-state index in [0.29, 0.717) is 6.42 Å². The van der Waals surface area contributed by atoms with Crippen LogP contribution in [-0.2, 0) is 9.59 Å². The predicted octanol–water partition coefficient (Wildman–Crippen LogP) is 2.51. The van der Waals surface area contributed by atoms with Crippen molar-refractivity contribution in [1.82, 2.24) is 0 Å². The van der Waals surface area contributed by atoms with Crippen molar-refractivity contribution >= 4 is 23.7 Å².